The Morgan fingerprint density at radius 1 is 1.07 bits per heavy atom. The molecule has 0 aliphatic heterocycles. The lowest BCUT2D eigenvalue weighted by Gasteiger charge is -2.12. The van der Waals surface area contributed by atoms with Gasteiger partial charge in [0.15, 0.2) is 11.6 Å². The van der Waals surface area contributed by atoms with Gasteiger partial charge in [-0.1, -0.05) is 28.1 Å². The zero-order valence-corrected chi connectivity index (χ0v) is 16.4. The Bertz CT molecular complexity index is 823. The van der Waals surface area contributed by atoms with E-state index in [1.165, 1.54) is 6.07 Å². The van der Waals surface area contributed by atoms with Crippen LogP contribution in [0, 0.1) is 11.6 Å². The first-order chi connectivity index (χ1) is 12.8. The van der Waals surface area contributed by atoms with Gasteiger partial charge in [-0.05, 0) is 35.9 Å². The van der Waals surface area contributed by atoms with E-state index in [4.69, 9.17) is 0 Å². The molecule has 0 heterocycles. The Balaban J connectivity index is 1.68. The second kappa shape index (κ2) is 10.4. The summed E-state index contributed by atoms with van der Waals surface area (Å²) < 4.78 is 26.9. The van der Waals surface area contributed by atoms with Crippen LogP contribution >= 0.6 is 27.7 Å². The lowest BCUT2D eigenvalue weighted by Crippen LogP contribution is -2.30. The molecule has 0 bridgehead atoms. The summed E-state index contributed by atoms with van der Waals surface area (Å²) in [5.41, 5.74) is 0.810. The molecule has 2 aromatic rings. The fraction of sp³-hybridized carbons (Fsp3) is 0.222. The molecule has 0 aliphatic rings. The van der Waals surface area contributed by atoms with Gasteiger partial charge in [-0.15, -0.1) is 11.8 Å². The molecule has 1 atom stereocenters. The van der Waals surface area contributed by atoms with Gasteiger partial charge in [-0.25, -0.2) is 8.78 Å². The number of amides is 2. The van der Waals surface area contributed by atoms with E-state index in [-0.39, 0.29) is 35.4 Å². The monoisotopic (exact) mass is 458 g/mol. The molecule has 2 amide bonds. The van der Waals surface area contributed by atoms with E-state index < -0.39 is 17.7 Å². The van der Waals surface area contributed by atoms with Crippen LogP contribution in [-0.2, 0) is 9.59 Å². The average molecular weight is 459 g/mol. The van der Waals surface area contributed by atoms with Crippen molar-refractivity contribution < 1.29 is 23.5 Å². The van der Waals surface area contributed by atoms with Crippen molar-refractivity contribution in [1.82, 2.24) is 5.32 Å². The first kappa shape index (κ1) is 21.3. The summed E-state index contributed by atoms with van der Waals surface area (Å²) >= 11 is 4.43. The first-order valence-corrected chi connectivity index (χ1v) is 9.83. The van der Waals surface area contributed by atoms with Crippen molar-refractivity contribution in [1.29, 1.82) is 0 Å². The Kier molecular flexibility index (Phi) is 8.21. The quantitative estimate of drug-likeness (QED) is 0.567. The van der Waals surface area contributed by atoms with Gasteiger partial charge < -0.3 is 15.7 Å². The summed E-state index contributed by atoms with van der Waals surface area (Å²) in [6, 6.07) is 10.2. The van der Waals surface area contributed by atoms with Gasteiger partial charge >= 0.3 is 0 Å². The lowest BCUT2D eigenvalue weighted by molar-refractivity contribution is -0.119. The molecule has 0 saturated heterocycles. The SMILES string of the molecule is O=C(CSCC(=O)Nc1cccc(Br)c1)NCC(O)c1ccc(F)c(F)c1. The highest BCUT2D eigenvalue weighted by molar-refractivity contribution is 9.10. The van der Waals surface area contributed by atoms with E-state index in [1.807, 2.05) is 6.07 Å². The Labute approximate surface area is 167 Å². The van der Waals surface area contributed by atoms with Gasteiger partial charge in [0.25, 0.3) is 0 Å². The fourth-order valence-electron chi connectivity index (χ4n) is 2.10. The number of thioether (sulfide) groups is 1. The molecule has 2 aromatic carbocycles. The highest BCUT2D eigenvalue weighted by Gasteiger charge is 2.13. The van der Waals surface area contributed by atoms with Crippen LogP contribution in [-0.4, -0.2) is 35.0 Å². The number of hydrogen-bond donors (Lipinski definition) is 3. The molecule has 0 saturated carbocycles. The third-order valence-corrected chi connectivity index (χ3v) is 4.82. The number of hydrogen-bond acceptors (Lipinski definition) is 4. The highest BCUT2D eigenvalue weighted by atomic mass is 79.9. The number of rotatable bonds is 8. The zero-order chi connectivity index (χ0) is 19.8. The third kappa shape index (κ3) is 7.28. The molecule has 9 heteroatoms. The van der Waals surface area contributed by atoms with Crippen LogP contribution in [0.4, 0.5) is 14.5 Å². The number of carbonyl (C=O) groups is 2. The van der Waals surface area contributed by atoms with Gasteiger partial charge in [-0.3, -0.25) is 9.59 Å². The van der Waals surface area contributed by atoms with E-state index in [0.717, 1.165) is 28.4 Å². The number of aliphatic hydroxyl groups is 1. The number of carbonyl (C=O) groups excluding carboxylic acids is 2. The van der Waals surface area contributed by atoms with E-state index in [1.54, 1.807) is 18.2 Å². The minimum Gasteiger partial charge on any atom is -0.387 e. The van der Waals surface area contributed by atoms with Crippen LogP contribution in [0.2, 0.25) is 0 Å². The molecule has 144 valence electrons. The van der Waals surface area contributed by atoms with Crippen molar-refractivity contribution in [3.63, 3.8) is 0 Å². The number of nitrogens with one attached hydrogen (secondary N) is 2. The van der Waals surface area contributed by atoms with Gasteiger partial charge in [0.1, 0.15) is 0 Å². The minimum absolute atomic E-state index is 0.0242. The van der Waals surface area contributed by atoms with Crippen LogP contribution in [0.3, 0.4) is 0 Å². The number of aliphatic hydroxyl groups excluding tert-OH is 1. The van der Waals surface area contributed by atoms with Gasteiger partial charge in [0.2, 0.25) is 11.8 Å². The Hall–Kier alpha value is -1.97. The Morgan fingerprint density at radius 2 is 1.81 bits per heavy atom. The van der Waals surface area contributed by atoms with Crippen molar-refractivity contribution in [2.75, 3.05) is 23.4 Å². The molecule has 0 fully saturated rings. The van der Waals surface area contributed by atoms with Crippen LogP contribution in [0.15, 0.2) is 46.9 Å². The number of benzene rings is 2. The smallest absolute Gasteiger partial charge is 0.234 e. The predicted octanol–water partition coefficient (Wildman–Crippen LogP) is 3.25. The maximum atomic E-state index is 13.1. The summed E-state index contributed by atoms with van der Waals surface area (Å²) in [6.45, 7) is -0.144. The van der Waals surface area contributed by atoms with Crippen molar-refractivity contribution in [3.05, 3.63) is 64.1 Å². The van der Waals surface area contributed by atoms with Crippen molar-refractivity contribution in [2.24, 2.45) is 0 Å². The number of anilines is 1. The van der Waals surface area contributed by atoms with E-state index >= 15 is 0 Å². The second-order valence-corrected chi connectivity index (χ2v) is 7.45. The van der Waals surface area contributed by atoms with Crippen molar-refractivity contribution in [3.8, 4) is 0 Å². The molecule has 0 aromatic heterocycles. The van der Waals surface area contributed by atoms with Gasteiger partial charge in [0, 0.05) is 16.7 Å². The maximum Gasteiger partial charge on any atom is 0.234 e. The average Bonchev–Trinajstić information content (AvgIpc) is 2.62. The highest BCUT2D eigenvalue weighted by Crippen LogP contribution is 2.17. The molecule has 0 spiro atoms. The van der Waals surface area contributed by atoms with Crippen molar-refractivity contribution >= 4 is 45.2 Å². The summed E-state index contributed by atoms with van der Waals surface area (Å²) in [7, 11) is 0. The van der Waals surface area contributed by atoms with Crippen LogP contribution in [0.1, 0.15) is 11.7 Å². The van der Waals surface area contributed by atoms with Crippen LogP contribution in [0.25, 0.3) is 0 Å². The van der Waals surface area contributed by atoms with Gasteiger partial charge in [-0.2, -0.15) is 0 Å². The summed E-state index contributed by atoms with van der Waals surface area (Å²) in [4.78, 5) is 23.6. The first-order valence-electron chi connectivity index (χ1n) is 7.88. The predicted molar refractivity (Wildman–Crippen MR) is 104 cm³/mol. The zero-order valence-electron chi connectivity index (χ0n) is 14.0. The molecule has 5 nitrogen and oxygen atoms in total. The normalized spacial score (nSPS) is 11.7. The van der Waals surface area contributed by atoms with Gasteiger partial charge in [0.05, 0.1) is 17.6 Å². The standard InChI is InChI=1S/C18H17BrF2N2O3S/c19-12-2-1-3-13(7-12)23-18(26)10-27-9-17(25)22-8-16(24)11-4-5-14(20)15(21)6-11/h1-7,16,24H,8-10H2,(H,22,25)(H,23,26). The third-order valence-electron chi connectivity index (χ3n) is 3.40. The summed E-state index contributed by atoms with van der Waals surface area (Å²) in [6.07, 6.45) is -1.16. The van der Waals surface area contributed by atoms with E-state index in [9.17, 15) is 23.5 Å². The van der Waals surface area contributed by atoms with Crippen LogP contribution < -0.4 is 10.6 Å². The molecule has 3 N–H and O–H groups in total. The molecule has 0 aliphatic carbocycles. The second-order valence-electron chi connectivity index (χ2n) is 5.54. The van der Waals surface area contributed by atoms with Crippen molar-refractivity contribution in [2.45, 2.75) is 6.10 Å². The topological polar surface area (TPSA) is 78.4 Å². The minimum atomic E-state index is -1.16. The lowest BCUT2D eigenvalue weighted by atomic mass is 10.1. The molecule has 1 unspecified atom stereocenters. The van der Waals surface area contributed by atoms with E-state index in [2.05, 4.69) is 26.6 Å². The molecular formula is C18H17BrF2N2O3S. The molecular weight excluding hydrogens is 442 g/mol. The fourth-order valence-corrected chi connectivity index (χ4v) is 3.15. The maximum absolute atomic E-state index is 13.1. The van der Waals surface area contributed by atoms with Crippen LogP contribution in [0.5, 0.6) is 0 Å². The van der Waals surface area contributed by atoms with E-state index in [0.29, 0.717) is 5.69 Å². The molecule has 27 heavy (non-hydrogen) atoms. The molecule has 0 radical (unpaired) electrons. The summed E-state index contributed by atoms with van der Waals surface area (Å²) in [5.74, 6) is -2.58. The Morgan fingerprint density at radius 3 is 2.52 bits per heavy atom. The largest absolute Gasteiger partial charge is 0.387 e. The molecule has 2 rings (SSSR count). The number of halogens is 3. The summed E-state index contributed by atoms with van der Waals surface area (Å²) in [5, 5.41) is 15.1.